The van der Waals surface area contributed by atoms with Crippen LogP contribution >= 0.6 is 11.3 Å². The van der Waals surface area contributed by atoms with Crippen LogP contribution in [0.3, 0.4) is 0 Å². The van der Waals surface area contributed by atoms with Crippen molar-refractivity contribution in [2.24, 2.45) is 4.99 Å². The highest BCUT2D eigenvalue weighted by atomic mass is 32.1. The van der Waals surface area contributed by atoms with Gasteiger partial charge in [0, 0.05) is 44.2 Å². The molecule has 0 aliphatic heterocycles. The summed E-state index contributed by atoms with van der Waals surface area (Å²) in [4.78, 5) is 12.5. The number of aryl methyl sites for hydroxylation is 1. The number of thiazole rings is 1. The number of rotatable bonds is 10. The third kappa shape index (κ3) is 7.31. The van der Waals surface area contributed by atoms with Crippen LogP contribution in [0, 0.1) is 0 Å². The van der Waals surface area contributed by atoms with Crippen molar-refractivity contribution in [3.63, 3.8) is 0 Å². The molecule has 0 atom stereocenters. The summed E-state index contributed by atoms with van der Waals surface area (Å²) in [6.07, 6.45) is 3.96. The molecule has 0 radical (unpaired) electrons. The van der Waals surface area contributed by atoms with Crippen molar-refractivity contribution in [1.29, 1.82) is 0 Å². The molecule has 1 aromatic heterocycles. The van der Waals surface area contributed by atoms with Crippen molar-refractivity contribution in [3.05, 3.63) is 51.5 Å². The van der Waals surface area contributed by atoms with Crippen LogP contribution in [0.2, 0.25) is 0 Å². The maximum absolute atomic E-state index is 4.46. The highest BCUT2D eigenvalue weighted by Crippen LogP contribution is 2.13. The van der Waals surface area contributed by atoms with E-state index in [0.29, 0.717) is 0 Å². The van der Waals surface area contributed by atoms with Gasteiger partial charge in [0.15, 0.2) is 5.96 Å². The highest BCUT2D eigenvalue weighted by molar-refractivity contribution is 7.11. The third-order valence-corrected chi connectivity index (χ3v) is 5.79. The van der Waals surface area contributed by atoms with Crippen LogP contribution in [0.5, 0.6) is 0 Å². The predicted molar refractivity (Wildman–Crippen MR) is 116 cm³/mol. The Balaban J connectivity index is 1.74. The van der Waals surface area contributed by atoms with Gasteiger partial charge in [-0.15, -0.1) is 11.3 Å². The number of nitrogens with one attached hydrogen (secondary N) is 2. The number of hydrogen-bond acceptors (Lipinski definition) is 4. The zero-order valence-electron chi connectivity index (χ0n) is 17.1. The number of nitrogens with zero attached hydrogens (tertiary/aromatic N) is 3. The standard InChI is InChI=1S/C21H33N5S/c1-5-19-15-24-20(27-19)12-13-23-21(22-4)25-14-17-8-10-18(11-9-17)16-26(6-2)7-3/h8-11,15H,5-7,12-14,16H2,1-4H3,(H2,22,23,25). The van der Waals surface area contributed by atoms with Crippen LogP contribution in [0.25, 0.3) is 0 Å². The van der Waals surface area contributed by atoms with Gasteiger partial charge < -0.3 is 10.6 Å². The van der Waals surface area contributed by atoms with Gasteiger partial charge in [0.1, 0.15) is 0 Å². The van der Waals surface area contributed by atoms with Crippen LogP contribution in [-0.4, -0.2) is 42.5 Å². The molecule has 2 N–H and O–H groups in total. The molecule has 0 bridgehead atoms. The molecule has 5 nitrogen and oxygen atoms in total. The van der Waals surface area contributed by atoms with E-state index in [-0.39, 0.29) is 0 Å². The van der Waals surface area contributed by atoms with Crippen LogP contribution in [0.1, 0.15) is 41.8 Å². The first-order valence-electron chi connectivity index (χ1n) is 9.86. The van der Waals surface area contributed by atoms with Crippen LogP contribution < -0.4 is 10.6 Å². The minimum absolute atomic E-state index is 0.766. The minimum atomic E-state index is 0.766. The molecule has 1 aromatic carbocycles. The van der Waals surface area contributed by atoms with Crippen molar-refractivity contribution in [2.75, 3.05) is 26.7 Å². The fourth-order valence-corrected chi connectivity index (χ4v) is 3.65. The zero-order chi connectivity index (χ0) is 19.5. The van der Waals surface area contributed by atoms with Gasteiger partial charge in [-0.05, 0) is 30.6 Å². The normalized spacial score (nSPS) is 11.8. The summed E-state index contributed by atoms with van der Waals surface area (Å²) in [5, 5.41) is 7.93. The molecule has 27 heavy (non-hydrogen) atoms. The van der Waals surface area contributed by atoms with Gasteiger partial charge in [0.25, 0.3) is 0 Å². The van der Waals surface area contributed by atoms with Gasteiger partial charge in [-0.3, -0.25) is 9.89 Å². The van der Waals surface area contributed by atoms with Gasteiger partial charge >= 0.3 is 0 Å². The quantitative estimate of drug-likeness (QED) is 0.484. The van der Waals surface area contributed by atoms with Crippen molar-refractivity contribution in [3.8, 4) is 0 Å². The Morgan fingerprint density at radius 1 is 1.07 bits per heavy atom. The second-order valence-electron chi connectivity index (χ2n) is 6.45. The van der Waals surface area contributed by atoms with Gasteiger partial charge in [0.05, 0.1) is 5.01 Å². The summed E-state index contributed by atoms with van der Waals surface area (Å²) in [6, 6.07) is 8.83. The monoisotopic (exact) mass is 387 g/mol. The Hall–Kier alpha value is -1.92. The van der Waals surface area contributed by atoms with Crippen molar-refractivity contribution in [1.82, 2.24) is 20.5 Å². The summed E-state index contributed by atoms with van der Waals surface area (Å²) < 4.78 is 0. The van der Waals surface area contributed by atoms with Gasteiger partial charge in [-0.1, -0.05) is 45.0 Å². The topological polar surface area (TPSA) is 52.6 Å². The average molecular weight is 388 g/mol. The molecule has 1 heterocycles. The van der Waals surface area contributed by atoms with Gasteiger partial charge in [-0.2, -0.15) is 0 Å². The summed E-state index contributed by atoms with van der Waals surface area (Å²) in [7, 11) is 1.81. The number of benzene rings is 1. The van der Waals surface area contributed by atoms with Crippen molar-refractivity contribution < 1.29 is 0 Å². The highest BCUT2D eigenvalue weighted by Gasteiger charge is 2.04. The number of hydrogen-bond donors (Lipinski definition) is 2. The maximum atomic E-state index is 4.46. The van der Waals surface area contributed by atoms with E-state index >= 15 is 0 Å². The molecular weight excluding hydrogens is 354 g/mol. The first-order chi connectivity index (χ1) is 13.2. The second kappa shape index (κ2) is 11.7. The van der Waals surface area contributed by atoms with E-state index in [4.69, 9.17) is 0 Å². The number of guanidine groups is 1. The first kappa shape index (κ1) is 21.4. The van der Waals surface area contributed by atoms with E-state index in [2.05, 4.69) is 70.5 Å². The summed E-state index contributed by atoms with van der Waals surface area (Å²) >= 11 is 1.80. The largest absolute Gasteiger partial charge is 0.356 e. The molecular formula is C21H33N5S. The molecule has 6 heteroatoms. The summed E-state index contributed by atoms with van der Waals surface area (Å²) in [6.45, 7) is 11.4. The molecule has 2 rings (SSSR count). The zero-order valence-corrected chi connectivity index (χ0v) is 17.9. The molecule has 2 aromatic rings. The minimum Gasteiger partial charge on any atom is -0.356 e. The van der Waals surface area contributed by atoms with E-state index < -0.39 is 0 Å². The lowest BCUT2D eigenvalue weighted by molar-refractivity contribution is 0.296. The molecule has 0 unspecified atom stereocenters. The molecule has 0 saturated heterocycles. The smallest absolute Gasteiger partial charge is 0.191 e. The van der Waals surface area contributed by atoms with E-state index in [1.165, 1.54) is 21.0 Å². The van der Waals surface area contributed by atoms with Crippen molar-refractivity contribution >= 4 is 17.3 Å². The third-order valence-electron chi connectivity index (χ3n) is 4.59. The second-order valence-corrected chi connectivity index (χ2v) is 7.65. The molecule has 0 amide bonds. The molecule has 0 aliphatic rings. The van der Waals surface area contributed by atoms with Crippen LogP contribution in [-0.2, 0) is 25.9 Å². The Kier molecular flexibility index (Phi) is 9.28. The van der Waals surface area contributed by atoms with Crippen LogP contribution in [0.4, 0.5) is 0 Å². The average Bonchev–Trinajstić information content (AvgIpc) is 3.17. The van der Waals surface area contributed by atoms with Gasteiger partial charge in [0.2, 0.25) is 0 Å². The SMILES string of the molecule is CCc1cnc(CCNC(=NC)NCc2ccc(CN(CC)CC)cc2)s1. The molecule has 0 spiro atoms. The van der Waals surface area contributed by atoms with Crippen LogP contribution in [0.15, 0.2) is 35.5 Å². The summed E-state index contributed by atoms with van der Waals surface area (Å²) in [5.41, 5.74) is 2.62. The summed E-state index contributed by atoms with van der Waals surface area (Å²) in [5.74, 6) is 0.828. The lowest BCUT2D eigenvalue weighted by Crippen LogP contribution is -2.37. The molecule has 0 aliphatic carbocycles. The Morgan fingerprint density at radius 2 is 1.78 bits per heavy atom. The predicted octanol–water partition coefficient (Wildman–Crippen LogP) is 3.46. The Bertz CT molecular complexity index is 689. The Morgan fingerprint density at radius 3 is 2.37 bits per heavy atom. The first-order valence-corrected chi connectivity index (χ1v) is 10.7. The molecule has 0 fully saturated rings. The lowest BCUT2D eigenvalue weighted by Gasteiger charge is -2.18. The van der Waals surface area contributed by atoms with Crippen molar-refractivity contribution in [2.45, 2.75) is 46.7 Å². The van der Waals surface area contributed by atoms with E-state index in [9.17, 15) is 0 Å². The fourth-order valence-electron chi connectivity index (χ4n) is 2.79. The van der Waals surface area contributed by atoms with E-state index in [0.717, 1.165) is 51.5 Å². The number of aromatic nitrogens is 1. The fraction of sp³-hybridized carbons (Fsp3) is 0.524. The molecule has 148 valence electrons. The van der Waals surface area contributed by atoms with Gasteiger partial charge in [-0.25, -0.2) is 4.98 Å². The maximum Gasteiger partial charge on any atom is 0.191 e. The lowest BCUT2D eigenvalue weighted by atomic mass is 10.1. The Labute approximate surface area is 167 Å². The molecule has 0 saturated carbocycles. The van der Waals surface area contributed by atoms with E-state index in [1.54, 1.807) is 18.4 Å². The van der Waals surface area contributed by atoms with E-state index in [1.807, 2.05) is 6.20 Å². The number of aliphatic imine (C=N–C) groups is 1.